The second-order valence-corrected chi connectivity index (χ2v) is 5.10. The highest BCUT2D eigenvalue weighted by Crippen LogP contribution is 2.36. The summed E-state index contributed by atoms with van der Waals surface area (Å²) in [6, 6.07) is 2.06. The van der Waals surface area contributed by atoms with Gasteiger partial charge < -0.3 is 14.8 Å². The van der Waals surface area contributed by atoms with Crippen molar-refractivity contribution >= 4 is 15.9 Å². The van der Waals surface area contributed by atoms with Crippen LogP contribution in [0.4, 0.5) is 0 Å². The van der Waals surface area contributed by atoms with Crippen molar-refractivity contribution in [1.29, 1.82) is 0 Å². The Morgan fingerprint density at radius 1 is 1.47 bits per heavy atom. The first-order chi connectivity index (χ1) is 8.15. The molecule has 1 aromatic carbocycles. The number of benzene rings is 1. The summed E-state index contributed by atoms with van der Waals surface area (Å²) in [5.41, 5.74) is 3.69. The standard InChI is InChI=1S/C13H18BrNO2/c1-8-6-10(16-3)13(14)9(2)12(8)11-7-15-4-5-17-11/h6,11,15H,4-5,7H2,1-3H3. The number of rotatable bonds is 2. The van der Waals surface area contributed by atoms with Crippen LogP contribution in [-0.2, 0) is 4.74 Å². The molecule has 1 aliphatic rings. The molecule has 0 amide bonds. The number of halogens is 1. The monoisotopic (exact) mass is 299 g/mol. The minimum atomic E-state index is 0.144. The Hall–Kier alpha value is -0.580. The number of methoxy groups -OCH3 is 1. The van der Waals surface area contributed by atoms with E-state index in [9.17, 15) is 0 Å². The van der Waals surface area contributed by atoms with Crippen LogP contribution < -0.4 is 10.1 Å². The molecule has 4 heteroatoms. The number of hydrogen-bond donors (Lipinski definition) is 1. The van der Waals surface area contributed by atoms with Crippen molar-refractivity contribution in [3.63, 3.8) is 0 Å². The molecule has 0 aromatic heterocycles. The lowest BCUT2D eigenvalue weighted by Crippen LogP contribution is -2.34. The Balaban J connectivity index is 2.42. The van der Waals surface area contributed by atoms with Crippen molar-refractivity contribution < 1.29 is 9.47 Å². The molecule has 0 saturated carbocycles. The molecule has 17 heavy (non-hydrogen) atoms. The van der Waals surface area contributed by atoms with Crippen LogP contribution in [0.1, 0.15) is 22.8 Å². The van der Waals surface area contributed by atoms with Gasteiger partial charge in [-0.25, -0.2) is 0 Å². The minimum absolute atomic E-state index is 0.144. The smallest absolute Gasteiger partial charge is 0.133 e. The second kappa shape index (κ2) is 5.38. The lowest BCUT2D eigenvalue weighted by atomic mass is 9.96. The van der Waals surface area contributed by atoms with E-state index in [-0.39, 0.29) is 6.10 Å². The average molecular weight is 300 g/mol. The zero-order valence-corrected chi connectivity index (χ0v) is 12.1. The third-order valence-corrected chi connectivity index (χ3v) is 4.18. The Morgan fingerprint density at radius 3 is 2.82 bits per heavy atom. The number of aryl methyl sites for hydroxylation is 1. The average Bonchev–Trinajstić information content (AvgIpc) is 2.35. The molecule has 0 spiro atoms. The summed E-state index contributed by atoms with van der Waals surface area (Å²) in [5, 5.41) is 3.36. The molecule has 94 valence electrons. The van der Waals surface area contributed by atoms with Gasteiger partial charge in [-0.2, -0.15) is 0 Å². The maximum absolute atomic E-state index is 5.83. The summed E-state index contributed by atoms with van der Waals surface area (Å²) in [6.07, 6.45) is 0.144. The predicted molar refractivity (Wildman–Crippen MR) is 71.7 cm³/mol. The summed E-state index contributed by atoms with van der Waals surface area (Å²) in [6.45, 7) is 6.79. The lowest BCUT2D eigenvalue weighted by Gasteiger charge is -2.27. The Bertz CT molecular complexity index is 414. The van der Waals surface area contributed by atoms with E-state index < -0.39 is 0 Å². The van der Waals surface area contributed by atoms with Gasteiger partial charge in [0.2, 0.25) is 0 Å². The van der Waals surface area contributed by atoms with Gasteiger partial charge in [0.25, 0.3) is 0 Å². The molecule has 0 aliphatic carbocycles. The van der Waals surface area contributed by atoms with Crippen LogP contribution in [0.25, 0.3) is 0 Å². The van der Waals surface area contributed by atoms with Gasteiger partial charge in [0.15, 0.2) is 0 Å². The summed E-state index contributed by atoms with van der Waals surface area (Å²) in [7, 11) is 1.69. The Kier molecular flexibility index (Phi) is 4.07. The topological polar surface area (TPSA) is 30.5 Å². The van der Waals surface area contributed by atoms with Crippen molar-refractivity contribution in [3.05, 3.63) is 27.2 Å². The van der Waals surface area contributed by atoms with E-state index in [4.69, 9.17) is 9.47 Å². The number of nitrogens with one attached hydrogen (secondary N) is 1. The number of ether oxygens (including phenoxy) is 2. The molecule has 1 fully saturated rings. The molecule has 0 bridgehead atoms. The predicted octanol–water partition coefficient (Wildman–Crippen LogP) is 2.74. The van der Waals surface area contributed by atoms with E-state index in [0.29, 0.717) is 0 Å². The van der Waals surface area contributed by atoms with Gasteiger partial charge in [-0.15, -0.1) is 0 Å². The van der Waals surface area contributed by atoms with Crippen LogP contribution in [0, 0.1) is 13.8 Å². The molecule has 1 heterocycles. The molecule has 1 unspecified atom stereocenters. The lowest BCUT2D eigenvalue weighted by molar-refractivity contribution is 0.0269. The van der Waals surface area contributed by atoms with Gasteiger partial charge in [0.05, 0.1) is 24.3 Å². The first-order valence-electron chi connectivity index (χ1n) is 5.81. The molecule has 2 rings (SSSR count). The fourth-order valence-electron chi connectivity index (χ4n) is 2.33. The van der Waals surface area contributed by atoms with Gasteiger partial charge in [0, 0.05) is 13.1 Å². The van der Waals surface area contributed by atoms with Gasteiger partial charge in [-0.3, -0.25) is 0 Å². The fraction of sp³-hybridized carbons (Fsp3) is 0.538. The molecule has 1 aliphatic heterocycles. The van der Waals surface area contributed by atoms with Crippen LogP contribution in [0.3, 0.4) is 0 Å². The number of morpholine rings is 1. The molecule has 1 saturated heterocycles. The van der Waals surface area contributed by atoms with Crippen molar-refractivity contribution in [2.24, 2.45) is 0 Å². The van der Waals surface area contributed by atoms with Gasteiger partial charge >= 0.3 is 0 Å². The van der Waals surface area contributed by atoms with Crippen molar-refractivity contribution in [2.75, 3.05) is 26.8 Å². The van der Waals surface area contributed by atoms with E-state index in [1.807, 2.05) is 0 Å². The number of hydrogen-bond acceptors (Lipinski definition) is 3. The molecular formula is C13H18BrNO2. The van der Waals surface area contributed by atoms with E-state index in [2.05, 4.69) is 41.2 Å². The van der Waals surface area contributed by atoms with Crippen LogP contribution in [-0.4, -0.2) is 26.8 Å². The SMILES string of the molecule is COc1cc(C)c(C2CNCCO2)c(C)c1Br. The quantitative estimate of drug-likeness (QED) is 0.911. The summed E-state index contributed by atoms with van der Waals surface area (Å²) < 4.78 is 12.2. The second-order valence-electron chi connectivity index (χ2n) is 4.31. The third-order valence-electron chi connectivity index (χ3n) is 3.19. The maximum Gasteiger partial charge on any atom is 0.133 e. The van der Waals surface area contributed by atoms with Crippen LogP contribution in [0.5, 0.6) is 5.75 Å². The maximum atomic E-state index is 5.83. The van der Waals surface area contributed by atoms with Crippen molar-refractivity contribution in [3.8, 4) is 5.75 Å². The molecular weight excluding hydrogens is 282 g/mol. The zero-order valence-electron chi connectivity index (χ0n) is 10.5. The van der Waals surface area contributed by atoms with E-state index >= 15 is 0 Å². The molecule has 1 aromatic rings. The highest BCUT2D eigenvalue weighted by Gasteiger charge is 2.22. The third kappa shape index (κ3) is 2.49. The van der Waals surface area contributed by atoms with Crippen LogP contribution >= 0.6 is 15.9 Å². The Morgan fingerprint density at radius 2 is 2.24 bits per heavy atom. The molecule has 0 radical (unpaired) electrons. The summed E-state index contributed by atoms with van der Waals surface area (Å²) >= 11 is 3.59. The first kappa shape index (κ1) is 12.9. The Labute approximate surface area is 111 Å². The molecule has 3 nitrogen and oxygen atoms in total. The van der Waals surface area contributed by atoms with Gasteiger partial charge in [-0.05, 0) is 52.5 Å². The van der Waals surface area contributed by atoms with E-state index in [1.54, 1.807) is 7.11 Å². The molecule has 1 atom stereocenters. The minimum Gasteiger partial charge on any atom is -0.496 e. The normalized spacial score (nSPS) is 20.4. The van der Waals surface area contributed by atoms with Crippen molar-refractivity contribution in [1.82, 2.24) is 5.32 Å². The molecule has 1 N–H and O–H groups in total. The highest BCUT2D eigenvalue weighted by atomic mass is 79.9. The van der Waals surface area contributed by atoms with Crippen LogP contribution in [0.2, 0.25) is 0 Å². The van der Waals surface area contributed by atoms with Crippen LogP contribution in [0.15, 0.2) is 10.5 Å². The van der Waals surface area contributed by atoms with Gasteiger partial charge in [0.1, 0.15) is 5.75 Å². The zero-order chi connectivity index (χ0) is 12.4. The first-order valence-corrected chi connectivity index (χ1v) is 6.60. The van der Waals surface area contributed by atoms with E-state index in [0.717, 1.165) is 29.9 Å². The summed E-state index contributed by atoms with van der Waals surface area (Å²) in [4.78, 5) is 0. The largest absolute Gasteiger partial charge is 0.496 e. The fourth-order valence-corrected chi connectivity index (χ4v) is 2.82. The van der Waals surface area contributed by atoms with Gasteiger partial charge in [-0.1, -0.05) is 0 Å². The highest BCUT2D eigenvalue weighted by molar-refractivity contribution is 9.10. The van der Waals surface area contributed by atoms with Crippen molar-refractivity contribution in [2.45, 2.75) is 20.0 Å². The summed E-state index contributed by atoms with van der Waals surface area (Å²) in [5.74, 6) is 0.882. The van der Waals surface area contributed by atoms with E-state index in [1.165, 1.54) is 16.7 Å².